The Hall–Kier alpha value is -0.880. The van der Waals surface area contributed by atoms with Gasteiger partial charge in [-0.05, 0) is 6.92 Å². The first kappa shape index (κ1) is 11.2. The van der Waals surface area contributed by atoms with E-state index in [1.165, 1.54) is 18.3 Å². The Morgan fingerprint density at radius 1 is 1.57 bits per heavy atom. The molecule has 0 atom stereocenters. The fraction of sp³-hybridized carbons (Fsp3) is 0.375. The van der Waals surface area contributed by atoms with Crippen molar-refractivity contribution < 1.29 is 4.79 Å². The Morgan fingerprint density at radius 2 is 2.29 bits per heavy atom. The van der Waals surface area contributed by atoms with Crippen LogP contribution in [0.1, 0.15) is 13.8 Å². The smallest absolute Gasteiger partial charge is 0.223 e. The predicted octanol–water partition coefficient (Wildman–Crippen LogP) is 2.16. The van der Waals surface area contributed by atoms with E-state index in [4.69, 9.17) is 0 Å². The van der Waals surface area contributed by atoms with Gasteiger partial charge in [0, 0.05) is 12.7 Å². The van der Waals surface area contributed by atoms with E-state index in [1.54, 1.807) is 11.8 Å². The summed E-state index contributed by atoms with van der Waals surface area (Å²) in [6.07, 6.45) is 0. The van der Waals surface area contributed by atoms with Crippen LogP contribution in [0.4, 0.5) is 5.13 Å². The maximum absolute atomic E-state index is 10.7. The lowest BCUT2D eigenvalue weighted by atomic mass is 10.4. The monoisotopic (exact) mass is 229 g/mol. The molecule has 0 radical (unpaired) electrons. The molecule has 0 aliphatic carbocycles. The number of carbonyl (C=O) groups is 1. The van der Waals surface area contributed by atoms with Crippen LogP contribution in [0.15, 0.2) is 16.5 Å². The highest BCUT2D eigenvalue weighted by atomic mass is 32.2. The lowest BCUT2D eigenvalue weighted by molar-refractivity contribution is -0.114. The summed E-state index contributed by atoms with van der Waals surface area (Å²) < 4.78 is 0.844. The van der Waals surface area contributed by atoms with Gasteiger partial charge < -0.3 is 5.32 Å². The molecule has 0 aliphatic heterocycles. The molecule has 76 valence electrons. The first-order valence-electron chi connectivity index (χ1n) is 3.96. The molecule has 1 rings (SSSR count). The van der Waals surface area contributed by atoms with E-state index in [0.29, 0.717) is 5.13 Å². The van der Waals surface area contributed by atoms with Gasteiger partial charge in [0.15, 0.2) is 4.34 Å². The third kappa shape index (κ3) is 3.89. The summed E-state index contributed by atoms with van der Waals surface area (Å²) >= 11 is 2.94. The molecule has 6 heteroatoms. The second-order valence-electron chi connectivity index (χ2n) is 2.80. The molecule has 1 heterocycles. The molecular weight excluding hydrogens is 218 g/mol. The molecule has 0 spiro atoms. The van der Waals surface area contributed by atoms with E-state index in [9.17, 15) is 4.79 Å². The van der Waals surface area contributed by atoms with Crippen LogP contribution in [0, 0.1) is 0 Å². The third-order valence-corrected chi connectivity index (χ3v) is 3.33. The SMILES string of the molecule is C=C(C)CSc1nnc(NC(C)=O)s1. The lowest BCUT2D eigenvalue weighted by Gasteiger charge is -1.93. The fourth-order valence-electron chi connectivity index (χ4n) is 0.654. The van der Waals surface area contributed by atoms with Crippen molar-refractivity contribution in [2.45, 2.75) is 18.2 Å². The Labute approximate surface area is 90.8 Å². The molecular formula is C8H11N3OS2. The Morgan fingerprint density at radius 3 is 2.86 bits per heavy atom. The summed E-state index contributed by atoms with van der Waals surface area (Å²) in [6.45, 7) is 7.20. The first-order chi connectivity index (χ1) is 6.58. The highest BCUT2D eigenvalue weighted by molar-refractivity contribution is 8.01. The van der Waals surface area contributed by atoms with Crippen LogP contribution in [-0.4, -0.2) is 21.9 Å². The molecule has 1 aromatic heterocycles. The largest absolute Gasteiger partial charge is 0.301 e. The van der Waals surface area contributed by atoms with Crippen LogP contribution in [0.25, 0.3) is 0 Å². The van der Waals surface area contributed by atoms with E-state index in [0.717, 1.165) is 15.7 Å². The summed E-state index contributed by atoms with van der Waals surface area (Å²) in [5.74, 6) is 0.701. The number of aromatic nitrogens is 2. The molecule has 0 aromatic carbocycles. The van der Waals surface area contributed by atoms with E-state index in [1.807, 2.05) is 6.92 Å². The van der Waals surface area contributed by atoms with Crippen molar-refractivity contribution in [1.82, 2.24) is 10.2 Å². The summed E-state index contributed by atoms with van der Waals surface area (Å²) in [7, 11) is 0. The summed E-state index contributed by atoms with van der Waals surface area (Å²) in [5, 5.41) is 10.9. The van der Waals surface area contributed by atoms with Gasteiger partial charge in [-0.25, -0.2) is 0 Å². The number of thioether (sulfide) groups is 1. The molecule has 0 saturated heterocycles. The molecule has 0 aliphatic rings. The van der Waals surface area contributed by atoms with Crippen LogP contribution in [0.3, 0.4) is 0 Å². The number of rotatable bonds is 4. The average Bonchev–Trinajstić information content (AvgIpc) is 2.47. The van der Waals surface area contributed by atoms with Gasteiger partial charge in [0.25, 0.3) is 0 Å². The minimum Gasteiger partial charge on any atom is -0.301 e. The molecule has 0 saturated carbocycles. The van der Waals surface area contributed by atoms with Gasteiger partial charge in [-0.2, -0.15) is 0 Å². The van der Waals surface area contributed by atoms with Gasteiger partial charge in [0.1, 0.15) is 0 Å². The van der Waals surface area contributed by atoms with Crippen LogP contribution in [0.2, 0.25) is 0 Å². The molecule has 4 nitrogen and oxygen atoms in total. The molecule has 1 amide bonds. The van der Waals surface area contributed by atoms with Gasteiger partial charge >= 0.3 is 0 Å². The quantitative estimate of drug-likeness (QED) is 0.488. The molecule has 1 aromatic rings. The summed E-state index contributed by atoms with van der Waals surface area (Å²) in [6, 6.07) is 0. The summed E-state index contributed by atoms with van der Waals surface area (Å²) in [4.78, 5) is 10.7. The third-order valence-electron chi connectivity index (χ3n) is 1.13. The minimum atomic E-state index is -0.127. The Bertz CT molecular complexity index is 348. The van der Waals surface area contributed by atoms with Crippen LogP contribution in [0.5, 0.6) is 0 Å². The lowest BCUT2D eigenvalue weighted by Crippen LogP contribution is -2.04. The fourth-order valence-corrected chi connectivity index (χ4v) is 2.30. The molecule has 0 bridgehead atoms. The van der Waals surface area contributed by atoms with E-state index in [2.05, 4.69) is 22.1 Å². The predicted molar refractivity (Wildman–Crippen MR) is 59.8 cm³/mol. The van der Waals surface area contributed by atoms with Crippen molar-refractivity contribution in [3.63, 3.8) is 0 Å². The van der Waals surface area contributed by atoms with Crippen molar-refractivity contribution in [2.75, 3.05) is 11.1 Å². The van der Waals surface area contributed by atoms with Gasteiger partial charge in [-0.15, -0.1) is 10.2 Å². The van der Waals surface area contributed by atoms with E-state index < -0.39 is 0 Å². The number of hydrogen-bond donors (Lipinski definition) is 1. The summed E-state index contributed by atoms with van der Waals surface area (Å²) in [5.41, 5.74) is 1.09. The van der Waals surface area contributed by atoms with Gasteiger partial charge in [0.05, 0.1) is 0 Å². The number of carbonyl (C=O) groups excluding carboxylic acids is 1. The standard InChI is InChI=1S/C8H11N3OS2/c1-5(2)4-13-8-11-10-7(14-8)9-6(3)12/h1,4H2,2-3H3,(H,9,10,12). The zero-order valence-corrected chi connectivity index (χ0v) is 9.67. The first-order valence-corrected chi connectivity index (χ1v) is 5.76. The van der Waals surface area contributed by atoms with Crippen LogP contribution >= 0.6 is 23.1 Å². The van der Waals surface area contributed by atoms with Gasteiger partial charge in [0.2, 0.25) is 11.0 Å². The average molecular weight is 229 g/mol. The van der Waals surface area contributed by atoms with Gasteiger partial charge in [-0.3, -0.25) is 4.79 Å². The maximum Gasteiger partial charge on any atom is 0.223 e. The highest BCUT2D eigenvalue weighted by Crippen LogP contribution is 2.26. The zero-order chi connectivity index (χ0) is 10.6. The van der Waals surface area contributed by atoms with Crippen LogP contribution < -0.4 is 5.32 Å². The van der Waals surface area contributed by atoms with Gasteiger partial charge in [-0.1, -0.05) is 35.3 Å². The molecule has 14 heavy (non-hydrogen) atoms. The highest BCUT2D eigenvalue weighted by Gasteiger charge is 2.05. The number of nitrogens with one attached hydrogen (secondary N) is 1. The molecule has 0 fully saturated rings. The number of amides is 1. The van der Waals surface area contributed by atoms with Crippen molar-refractivity contribution in [3.8, 4) is 0 Å². The van der Waals surface area contributed by atoms with Crippen molar-refractivity contribution in [2.24, 2.45) is 0 Å². The van der Waals surface area contributed by atoms with Crippen molar-refractivity contribution in [3.05, 3.63) is 12.2 Å². The van der Waals surface area contributed by atoms with E-state index >= 15 is 0 Å². The second kappa shape index (κ2) is 5.11. The number of anilines is 1. The second-order valence-corrected chi connectivity index (χ2v) is 5.00. The maximum atomic E-state index is 10.7. The van der Waals surface area contributed by atoms with Crippen LogP contribution in [-0.2, 0) is 4.79 Å². The topological polar surface area (TPSA) is 54.9 Å². The Balaban J connectivity index is 2.50. The van der Waals surface area contributed by atoms with Crippen molar-refractivity contribution >= 4 is 34.1 Å². The zero-order valence-electron chi connectivity index (χ0n) is 8.03. The van der Waals surface area contributed by atoms with E-state index in [-0.39, 0.29) is 5.91 Å². The molecule has 1 N–H and O–H groups in total. The van der Waals surface area contributed by atoms with Crippen molar-refractivity contribution in [1.29, 1.82) is 0 Å². The minimum absolute atomic E-state index is 0.127. The normalized spacial score (nSPS) is 9.86. The Kier molecular flexibility index (Phi) is 4.09. The number of nitrogens with zero attached hydrogens (tertiary/aromatic N) is 2. The molecule has 0 unspecified atom stereocenters. The number of hydrogen-bond acceptors (Lipinski definition) is 5.